The number of rotatable bonds is 4. The van der Waals surface area contributed by atoms with Gasteiger partial charge in [-0.3, -0.25) is 14.5 Å². The molecule has 3 aromatic carbocycles. The van der Waals surface area contributed by atoms with Crippen molar-refractivity contribution in [3.05, 3.63) is 88.4 Å². The van der Waals surface area contributed by atoms with Crippen LogP contribution in [0.5, 0.6) is 0 Å². The minimum atomic E-state index is -0.771. The maximum atomic E-state index is 13.9. The lowest BCUT2D eigenvalue weighted by Gasteiger charge is -2.41. The number of carbonyl (C=O) groups is 2. The average molecular weight is 448 g/mol. The van der Waals surface area contributed by atoms with Crippen LogP contribution in [-0.4, -0.2) is 32.5 Å². The van der Waals surface area contributed by atoms with Gasteiger partial charge in [0, 0.05) is 30.5 Å². The van der Waals surface area contributed by atoms with Crippen LogP contribution in [-0.2, 0) is 9.59 Å². The Balaban J connectivity index is 1.84. The molecule has 2 amide bonds. The highest BCUT2D eigenvalue weighted by Gasteiger charge is 2.42. The van der Waals surface area contributed by atoms with Crippen molar-refractivity contribution in [2.45, 2.75) is 19.9 Å². The molecular weight excluding hydrogens is 422 g/mol. The maximum Gasteiger partial charge on any atom is 0.255 e. The number of carbonyl (C=O) groups excluding carboxylic acids is 2. The molecule has 0 bridgehead atoms. The van der Waals surface area contributed by atoms with E-state index in [9.17, 15) is 9.59 Å². The van der Waals surface area contributed by atoms with Crippen molar-refractivity contribution in [3.63, 3.8) is 0 Å². The molecule has 0 N–H and O–H groups in total. The van der Waals surface area contributed by atoms with Crippen molar-refractivity contribution >= 4 is 40.5 Å². The van der Waals surface area contributed by atoms with E-state index in [1.54, 1.807) is 34.1 Å². The molecule has 1 heterocycles. The molecule has 0 unspecified atom stereocenters. The number of nitrogens with zero attached hydrogens (tertiary/aromatic N) is 3. The third-order valence-electron chi connectivity index (χ3n) is 5.86. The first-order chi connectivity index (χ1) is 15.3. The number of aryl methyl sites for hydroxylation is 2. The lowest BCUT2D eigenvalue weighted by atomic mass is 9.97. The van der Waals surface area contributed by atoms with E-state index in [1.165, 1.54) is 0 Å². The van der Waals surface area contributed by atoms with Gasteiger partial charge in [0.25, 0.3) is 5.91 Å². The summed E-state index contributed by atoms with van der Waals surface area (Å²) in [4.78, 5) is 32.6. The number of piperazine rings is 1. The van der Waals surface area contributed by atoms with E-state index in [4.69, 9.17) is 11.6 Å². The van der Waals surface area contributed by atoms with Gasteiger partial charge in [0.05, 0.1) is 5.69 Å². The van der Waals surface area contributed by atoms with E-state index in [-0.39, 0.29) is 18.4 Å². The second-order valence-corrected chi connectivity index (χ2v) is 8.73. The quantitative estimate of drug-likeness (QED) is 0.556. The zero-order valence-electron chi connectivity index (χ0n) is 18.7. The molecule has 164 valence electrons. The molecule has 0 spiro atoms. The standard InChI is InChI=1S/C26H26ClN3O2/c1-17-6-5-7-18(2)24(17)29-16-23(31)30(22-14-10-20(27)11-15-22)25(26(29)32)19-8-12-21(13-9-19)28(3)4/h5-15,25H,16H2,1-4H3/t25-/m1/s1. The first-order valence-electron chi connectivity index (χ1n) is 10.5. The molecule has 0 aliphatic carbocycles. The normalized spacial score (nSPS) is 16.5. The molecule has 1 saturated heterocycles. The van der Waals surface area contributed by atoms with Gasteiger partial charge in [0.15, 0.2) is 0 Å². The Hall–Kier alpha value is -3.31. The Morgan fingerprint density at radius 2 is 1.47 bits per heavy atom. The van der Waals surface area contributed by atoms with Crippen molar-refractivity contribution < 1.29 is 9.59 Å². The van der Waals surface area contributed by atoms with E-state index in [2.05, 4.69) is 0 Å². The minimum Gasteiger partial charge on any atom is -0.378 e. The van der Waals surface area contributed by atoms with E-state index < -0.39 is 6.04 Å². The van der Waals surface area contributed by atoms with E-state index >= 15 is 0 Å². The molecule has 1 atom stereocenters. The maximum absolute atomic E-state index is 13.9. The van der Waals surface area contributed by atoms with Crippen LogP contribution in [0.1, 0.15) is 22.7 Å². The van der Waals surface area contributed by atoms with Gasteiger partial charge < -0.3 is 9.80 Å². The van der Waals surface area contributed by atoms with Gasteiger partial charge in [-0.1, -0.05) is 41.9 Å². The predicted octanol–water partition coefficient (Wildman–Crippen LogP) is 5.14. The Bertz CT molecular complexity index is 1140. The first kappa shape index (κ1) is 21.9. The molecule has 32 heavy (non-hydrogen) atoms. The van der Waals surface area contributed by atoms with Crippen LogP contribution in [0.3, 0.4) is 0 Å². The van der Waals surface area contributed by atoms with E-state index in [1.807, 2.05) is 75.3 Å². The van der Waals surface area contributed by atoms with Crippen LogP contribution in [0.25, 0.3) is 0 Å². The van der Waals surface area contributed by atoms with E-state index in [0.717, 1.165) is 28.1 Å². The molecule has 6 heteroatoms. The molecule has 1 aliphatic rings. The van der Waals surface area contributed by atoms with E-state index in [0.29, 0.717) is 10.7 Å². The second-order valence-electron chi connectivity index (χ2n) is 8.29. The molecule has 1 aliphatic heterocycles. The number of halogens is 1. The highest BCUT2D eigenvalue weighted by atomic mass is 35.5. The summed E-state index contributed by atoms with van der Waals surface area (Å²) in [5, 5.41) is 0.577. The monoisotopic (exact) mass is 447 g/mol. The summed E-state index contributed by atoms with van der Waals surface area (Å²) in [6, 6.07) is 19.9. The van der Waals surface area contributed by atoms with Gasteiger partial charge in [-0.2, -0.15) is 0 Å². The third kappa shape index (κ3) is 3.96. The number of hydrogen-bond acceptors (Lipinski definition) is 3. The number of benzene rings is 3. The first-order valence-corrected chi connectivity index (χ1v) is 10.9. The highest BCUT2D eigenvalue weighted by molar-refractivity contribution is 6.30. The van der Waals surface area contributed by atoms with Crippen LogP contribution in [0.15, 0.2) is 66.7 Å². The molecule has 3 aromatic rings. The third-order valence-corrected chi connectivity index (χ3v) is 6.11. The molecule has 4 rings (SSSR count). The Morgan fingerprint density at radius 1 is 0.875 bits per heavy atom. The van der Waals surface area contributed by atoms with Crippen LogP contribution in [0.4, 0.5) is 17.1 Å². The van der Waals surface area contributed by atoms with Crippen molar-refractivity contribution in [1.29, 1.82) is 0 Å². The molecule has 0 aromatic heterocycles. The number of anilines is 3. The van der Waals surface area contributed by atoms with Crippen LogP contribution in [0.2, 0.25) is 5.02 Å². The summed E-state index contributed by atoms with van der Waals surface area (Å²) in [5.41, 5.74) is 5.17. The fourth-order valence-corrected chi connectivity index (χ4v) is 4.38. The Labute approximate surface area is 193 Å². The fraction of sp³-hybridized carbons (Fsp3) is 0.231. The SMILES string of the molecule is Cc1cccc(C)c1N1CC(=O)N(c2ccc(Cl)cc2)[C@H](c2ccc(N(C)C)cc2)C1=O. The van der Waals surface area contributed by atoms with Crippen LogP contribution >= 0.6 is 11.6 Å². The summed E-state index contributed by atoms with van der Waals surface area (Å²) in [6.07, 6.45) is 0. The summed E-state index contributed by atoms with van der Waals surface area (Å²) in [7, 11) is 3.93. The smallest absolute Gasteiger partial charge is 0.255 e. The lowest BCUT2D eigenvalue weighted by molar-refractivity contribution is -0.128. The highest BCUT2D eigenvalue weighted by Crippen LogP contribution is 2.37. The van der Waals surface area contributed by atoms with Gasteiger partial charge in [-0.15, -0.1) is 0 Å². The molecule has 5 nitrogen and oxygen atoms in total. The second kappa shape index (κ2) is 8.67. The molecule has 0 saturated carbocycles. The average Bonchev–Trinajstić information content (AvgIpc) is 2.76. The van der Waals surface area contributed by atoms with Crippen molar-refractivity contribution in [2.75, 3.05) is 35.3 Å². The molecule has 1 fully saturated rings. The van der Waals surface area contributed by atoms with Gasteiger partial charge in [0.2, 0.25) is 5.91 Å². The fourth-order valence-electron chi connectivity index (χ4n) is 4.25. The van der Waals surface area contributed by atoms with Crippen LogP contribution < -0.4 is 14.7 Å². The Morgan fingerprint density at radius 3 is 2.03 bits per heavy atom. The van der Waals surface area contributed by atoms with Crippen molar-refractivity contribution in [2.24, 2.45) is 0 Å². The van der Waals surface area contributed by atoms with Gasteiger partial charge in [-0.25, -0.2) is 0 Å². The van der Waals surface area contributed by atoms with Gasteiger partial charge >= 0.3 is 0 Å². The van der Waals surface area contributed by atoms with Gasteiger partial charge in [0.1, 0.15) is 12.6 Å². The number of hydrogen-bond donors (Lipinski definition) is 0. The largest absolute Gasteiger partial charge is 0.378 e. The van der Waals surface area contributed by atoms with Gasteiger partial charge in [-0.05, 0) is 66.9 Å². The number of amides is 2. The molecule has 0 radical (unpaired) electrons. The van der Waals surface area contributed by atoms with Crippen molar-refractivity contribution in [1.82, 2.24) is 0 Å². The zero-order valence-corrected chi connectivity index (χ0v) is 19.4. The van der Waals surface area contributed by atoms with Crippen LogP contribution in [0, 0.1) is 13.8 Å². The summed E-state index contributed by atoms with van der Waals surface area (Å²) in [6.45, 7) is 3.92. The summed E-state index contributed by atoms with van der Waals surface area (Å²) in [5.74, 6) is -0.272. The summed E-state index contributed by atoms with van der Waals surface area (Å²) >= 11 is 6.07. The summed E-state index contributed by atoms with van der Waals surface area (Å²) < 4.78 is 0. The molecular formula is C26H26ClN3O2. The minimum absolute atomic E-state index is 0.0144. The lowest BCUT2D eigenvalue weighted by Crippen LogP contribution is -2.56. The topological polar surface area (TPSA) is 43.9 Å². The van der Waals surface area contributed by atoms with Crippen molar-refractivity contribution in [3.8, 4) is 0 Å². The predicted molar refractivity (Wildman–Crippen MR) is 131 cm³/mol. The zero-order chi connectivity index (χ0) is 23.0. The number of para-hydroxylation sites is 1. The Kier molecular flexibility index (Phi) is 5.94.